The van der Waals surface area contributed by atoms with Crippen molar-refractivity contribution in [2.45, 2.75) is 18.9 Å². The van der Waals surface area contributed by atoms with Gasteiger partial charge in [0.25, 0.3) is 0 Å². The van der Waals surface area contributed by atoms with Crippen LogP contribution >= 0.6 is 23.4 Å². The number of carboxylic acids is 1. The predicted octanol–water partition coefficient (Wildman–Crippen LogP) is 2.64. The molecule has 0 radical (unpaired) electrons. The van der Waals surface area contributed by atoms with Gasteiger partial charge in [0.2, 0.25) is 0 Å². The minimum Gasteiger partial charge on any atom is -0.478 e. The molecule has 0 atom stereocenters. The first-order chi connectivity index (χ1) is 7.56. The number of aromatic nitrogens is 2. The van der Waals surface area contributed by atoms with Crippen LogP contribution in [0.15, 0.2) is 16.6 Å². The Morgan fingerprint density at radius 2 is 2.19 bits per heavy atom. The van der Waals surface area contributed by atoms with E-state index in [0.29, 0.717) is 22.3 Å². The molecular formula is C10H11ClN2O2S. The van der Waals surface area contributed by atoms with Gasteiger partial charge in [0.1, 0.15) is 16.4 Å². The highest BCUT2D eigenvalue weighted by molar-refractivity contribution is 7.99. The second-order valence-electron chi connectivity index (χ2n) is 3.01. The Labute approximate surface area is 103 Å². The van der Waals surface area contributed by atoms with Crippen molar-refractivity contribution < 1.29 is 9.90 Å². The first kappa shape index (κ1) is 13.0. The number of aromatic carboxylic acids is 1. The van der Waals surface area contributed by atoms with Gasteiger partial charge >= 0.3 is 5.97 Å². The van der Waals surface area contributed by atoms with Crippen LogP contribution < -0.4 is 0 Å². The maximum Gasteiger partial charge on any atom is 0.340 e. The predicted molar refractivity (Wildman–Crippen MR) is 64.2 cm³/mol. The highest BCUT2D eigenvalue weighted by atomic mass is 35.5. The second-order valence-corrected chi connectivity index (χ2v) is 4.27. The quantitative estimate of drug-likeness (QED) is 0.664. The van der Waals surface area contributed by atoms with E-state index in [1.54, 1.807) is 19.9 Å². The van der Waals surface area contributed by atoms with Gasteiger partial charge in [-0.25, -0.2) is 14.8 Å². The van der Waals surface area contributed by atoms with Crippen LogP contribution in [0, 0.1) is 13.8 Å². The molecule has 0 bridgehead atoms. The molecular weight excluding hydrogens is 248 g/mol. The third-order valence-electron chi connectivity index (χ3n) is 1.79. The lowest BCUT2D eigenvalue weighted by atomic mass is 10.2. The number of carbonyl (C=O) groups is 1. The number of thioether (sulfide) groups is 1. The van der Waals surface area contributed by atoms with E-state index in [1.807, 2.05) is 0 Å². The lowest BCUT2D eigenvalue weighted by Gasteiger charge is -2.07. The Morgan fingerprint density at radius 1 is 1.50 bits per heavy atom. The first-order valence-corrected chi connectivity index (χ1v) is 5.95. The molecule has 0 spiro atoms. The van der Waals surface area contributed by atoms with E-state index in [1.165, 1.54) is 17.3 Å². The van der Waals surface area contributed by atoms with E-state index in [4.69, 9.17) is 16.7 Å². The number of rotatable bonds is 4. The summed E-state index contributed by atoms with van der Waals surface area (Å²) in [5, 5.41) is 9.54. The molecule has 4 nitrogen and oxygen atoms in total. The van der Waals surface area contributed by atoms with E-state index < -0.39 is 5.97 Å². The van der Waals surface area contributed by atoms with Crippen molar-refractivity contribution in [1.29, 1.82) is 0 Å². The van der Waals surface area contributed by atoms with Crippen molar-refractivity contribution in [3.8, 4) is 0 Å². The molecule has 86 valence electrons. The van der Waals surface area contributed by atoms with Crippen LogP contribution in [0.3, 0.4) is 0 Å². The van der Waals surface area contributed by atoms with E-state index in [9.17, 15) is 4.79 Å². The van der Waals surface area contributed by atoms with Crippen molar-refractivity contribution >= 4 is 29.3 Å². The Morgan fingerprint density at radius 3 is 2.75 bits per heavy atom. The van der Waals surface area contributed by atoms with Crippen molar-refractivity contribution in [2.75, 3.05) is 5.75 Å². The zero-order valence-corrected chi connectivity index (χ0v) is 10.5. The van der Waals surface area contributed by atoms with Crippen molar-refractivity contribution in [2.24, 2.45) is 0 Å². The molecule has 1 rings (SSSR count). The fourth-order valence-electron chi connectivity index (χ4n) is 1.20. The number of aryl methyl sites for hydroxylation is 2. The molecule has 0 aliphatic carbocycles. The van der Waals surface area contributed by atoms with Crippen molar-refractivity contribution in [3.63, 3.8) is 0 Å². The van der Waals surface area contributed by atoms with Crippen LogP contribution in [-0.4, -0.2) is 26.8 Å². The monoisotopic (exact) mass is 258 g/mol. The summed E-state index contributed by atoms with van der Waals surface area (Å²) in [5.41, 5.74) is 2.05. The van der Waals surface area contributed by atoms with Crippen LogP contribution in [0.4, 0.5) is 0 Å². The molecule has 0 saturated carbocycles. The number of nitrogens with zero attached hydrogens (tertiary/aromatic N) is 2. The minimum atomic E-state index is -1.00. The van der Waals surface area contributed by atoms with Crippen LogP contribution in [0.25, 0.3) is 0 Å². The Bertz CT molecular complexity index is 435. The van der Waals surface area contributed by atoms with Gasteiger partial charge in [-0.1, -0.05) is 17.7 Å². The third kappa shape index (κ3) is 3.21. The molecule has 0 aliphatic heterocycles. The largest absolute Gasteiger partial charge is 0.478 e. The lowest BCUT2D eigenvalue weighted by molar-refractivity contribution is 0.0690. The highest BCUT2D eigenvalue weighted by Crippen LogP contribution is 2.22. The van der Waals surface area contributed by atoms with Crippen LogP contribution in [0.1, 0.15) is 21.9 Å². The standard InChI is InChI=1S/C10H11ClN2O2S/c1-6-8(10(14)15)9(13-7(2)12-6)16-5-3-4-11/h3-4H,5H2,1-2H3,(H,14,15)/b4-3+. The summed E-state index contributed by atoms with van der Waals surface area (Å²) >= 11 is 6.71. The number of hydrogen-bond donors (Lipinski definition) is 1. The molecule has 0 unspecified atom stereocenters. The van der Waals surface area contributed by atoms with Crippen LogP contribution in [-0.2, 0) is 0 Å². The smallest absolute Gasteiger partial charge is 0.340 e. The maximum absolute atomic E-state index is 11.0. The van der Waals surface area contributed by atoms with Gasteiger partial charge in [-0.2, -0.15) is 0 Å². The van der Waals surface area contributed by atoms with Crippen LogP contribution in [0.2, 0.25) is 0 Å². The minimum absolute atomic E-state index is 0.165. The number of carboxylic acid groups (broad SMARTS) is 1. The molecule has 1 N–H and O–H groups in total. The van der Waals surface area contributed by atoms with Gasteiger partial charge < -0.3 is 5.11 Å². The number of halogens is 1. The Balaban J connectivity index is 3.08. The zero-order chi connectivity index (χ0) is 12.1. The molecule has 16 heavy (non-hydrogen) atoms. The molecule has 1 aromatic heterocycles. The first-order valence-electron chi connectivity index (χ1n) is 4.52. The average molecular weight is 259 g/mol. The molecule has 0 aliphatic rings. The summed E-state index contributed by atoms with van der Waals surface area (Å²) < 4.78 is 0. The summed E-state index contributed by atoms with van der Waals surface area (Å²) in [6.45, 7) is 3.40. The van der Waals surface area contributed by atoms with E-state index >= 15 is 0 Å². The van der Waals surface area contributed by atoms with Gasteiger partial charge in [0.05, 0.1) is 5.69 Å². The zero-order valence-electron chi connectivity index (χ0n) is 8.90. The van der Waals surface area contributed by atoms with E-state index in [0.717, 1.165) is 0 Å². The van der Waals surface area contributed by atoms with Gasteiger partial charge in [0, 0.05) is 11.3 Å². The second kappa shape index (κ2) is 5.86. The van der Waals surface area contributed by atoms with Crippen LogP contribution in [0.5, 0.6) is 0 Å². The van der Waals surface area contributed by atoms with Gasteiger partial charge in [-0.15, -0.1) is 11.8 Å². The molecule has 1 heterocycles. The molecule has 6 heteroatoms. The van der Waals surface area contributed by atoms with Crippen molar-refractivity contribution in [3.05, 3.63) is 28.7 Å². The topological polar surface area (TPSA) is 63.1 Å². The molecule has 0 saturated heterocycles. The Hall–Kier alpha value is -1.07. The summed E-state index contributed by atoms with van der Waals surface area (Å²) in [6.07, 6.45) is 1.73. The summed E-state index contributed by atoms with van der Waals surface area (Å²) in [4.78, 5) is 19.2. The summed E-state index contributed by atoms with van der Waals surface area (Å²) in [7, 11) is 0. The fourth-order valence-corrected chi connectivity index (χ4v) is 2.32. The summed E-state index contributed by atoms with van der Waals surface area (Å²) in [6, 6.07) is 0. The normalized spacial score (nSPS) is 10.9. The highest BCUT2D eigenvalue weighted by Gasteiger charge is 2.16. The lowest BCUT2D eigenvalue weighted by Crippen LogP contribution is -2.08. The maximum atomic E-state index is 11.0. The molecule has 0 amide bonds. The molecule has 1 aromatic rings. The van der Waals surface area contributed by atoms with Gasteiger partial charge in [-0.3, -0.25) is 0 Å². The van der Waals surface area contributed by atoms with E-state index in [-0.39, 0.29) is 5.56 Å². The van der Waals surface area contributed by atoms with E-state index in [2.05, 4.69) is 9.97 Å². The van der Waals surface area contributed by atoms with Crippen molar-refractivity contribution in [1.82, 2.24) is 9.97 Å². The molecule has 0 fully saturated rings. The fraction of sp³-hybridized carbons (Fsp3) is 0.300. The molecule has 0 aromatic carbocycles. The average Bonchev–Trinajstić information content (AvgIpc) is 2.16. The van der Waals surface area contributed by atoms with Gasteiger partial charge in [-0.05, 0) is 13.8 Å². The Kier molecular flexibility index (Phi) is 4.76. The SMILES string of the molecule is Cc1nc(C)c(C(=O)O)c(SC/C=C/Cl)n1. The number of hydrogen-bond acceptors (Lipinski definition) is 4. The van der Waals surface area contributed by atoms with Gasteiger partial charge in [0.15, 0.2) is 0 Å². The third-order valence-corrected chi connectivity index (χ3v) is 2.89. The summed E-state index contributed by atoms with van der Waals surface area (Å²) in [5.74, 6) is 0.148.